The zero-order valence-corrected chi connectivity index (χ0v) is 20.3. The van der Waals surface area contributed by atoms with E-state index < -0.39 is 17.2 Å². The number of carboxylic acid groups (broad SMARTS) is 1. The second-order valence-corrected chi connectivity index (χ2v) is 9.57. The summed E-state index contributed by atoms with van der Waals surface area (Å²) in [5, 5.41) is 19.0. The lowest BCUT2D eigenvalue weighted by Crippen LogP contribution is -2.53. The van der Waals surface area contributed by atoms with Gasteiger partial charge in [-0.15, -0.1) is 0 Å². The number of amides is 1. The maximum atomic E-state index is 14.7. The summed E-state index contributed by atoms with van der Waals surface area (Å²) in [5.74, 6) is -1.33. The molecule has 34 heavy (non-hydrogen) atoms. The second kappa shape index (κ2) is 11.7. The largest absolute Gasteiger partial charge is 0.490 e. The molecule has 2 atom stereocenters. The topological polar surface area (TPSA) is 93.9 Å². The van der Waals surface area contributed by atoms with Gasteiger partial charge in [-0.1, -0.05) is 25.5 Å². The SMILES string of the molecule is CCCC1C(C(=O)N2CCC(C#N)(c3cccc(F)c3OCCCC(=O)O)CC2)CCCN1C. The highest BCUT2D eigenvalue weighted by atomic mass is 19.1. The minimum Gasteiger partial charge on any atom is -0.490 e. The van der Waals surface area contributed by atoms with Crippen LogP contribution in [-0.4, -0.2) is 66.1 Å². The molecule has 2 unspecified atom stereocenters. The first-order valence-corrected chi connectivity index (χ1v) is 12.4. The molecule has 1 N–H and O–H groups in total. The maximum absolute atomic E-state index is 14.7. The smallest absolute Gasteiger partial charge is 0.303 e. The molecule has 2 fully saturated rings. The number of benzene rings is 1. The Morgan fingerprint density at radius 3 is 2.68 bits per heavy atom. The molecule has 0 aromatic heterocycles. The van der Waals surface area contributed by atoms with Crippen LogP contribution in [0, 0.1) is 23.1 Å². The first kappa shape index (κ1) is 26.0. The van der Waals surface area contributed by atoms with Crippen molar-refractivity contribution in [1.82, 2.24) is 9.80 Å². The van der Waals surface area contributed by atoms with Gasteiger partial charge in [-0.05, 0) is 58.2 Å². The van der Waals surface area contributed by atoms with E-state index in [1.54, 1.807) is 12.1 Å². The van der Waals surface area contributed by atoms with Gasteiger partial charge in [0.15, 0.2) is 11.6 Å². The van der Waals surface area contributed by atoms with Crippen LogP contribution in [0.2, 0.25) is 0 Å². The molecule has 1 amide bonds. The molecule has 2 saturated heterocycles. The summed E-state index contributed by atoms with van der Waals surface area (Å²) in [6.45, 7) is 4.11. The molecule has 2 aliphatic heterocycles. The van der Waals surface area contributed by atoms with Gasteiger partial charge in [0.1, 0.15) is 0 Å². The molecule has 186 valence electrons. The van der Waals surface area contributed by atoms with Crippen molar-refractivity contribution in [1.29, 1.82) is 5.26 Å². The fraction of sp³-hybridized carbons (Fsp3) is 0.654. The number of carbonyl (C=O) groups is 2. The summed E-state index contributed by atoms with van der Waals surface area (Å²) >= 11 is 0. The lowest BCUT2D eigenvalue weighted by molar-refractivity contribution is -0.141. The molecule has 1 aromatic carbocycles. The van der Waals surface area contributed by atoms with Gasteiger partial charge in [0, 0.05) is 31.1 Å². The summed E-state index contributed by atoms with van der Waals surface area (Å²) in [7, 11) is 2.10. The Labute approximate surface area is 201 Å². The third-order valence-electron chi connectivity index (χ3n) is 7.36. The van der Waals surface area contributed by atoms with E-state index in [4.69, 9.17) is 9.84 Å². The highest BCUT2D eigenvalue weighted by Gasteiger charge is 2.43. The Hall–Kier alpha value is -2.66. The molecule has 0 saturated carbocycles. The quantitative estimate of drug-likeness (QED) is 0.546. The van der Waals surface area contributed by atoms with Crippen LogP contribution >= 0.6 is 0 Å². The Balaban J connectivity index is 1.73. The number of carbonyl (C=O) groups excluding carboxylic acids is 1. The van der Waals surface area contributed by atoms with Crippen LogP contribution < -0.4 is 4.74 Å². The van der Waals surface area contributed by atoms with Crippen LogP contribution in [0.4, 0.5) is 4.39 Å². The van der Waals surface area contributed by atoms with Crippen molar-refractivity contribution in [3.63, 3.8) is 0 Å². The van der Waals surface area contributed by atoms with Gasteiger partial charge in [0.05, 0.1) is 24.0 Å². The fourth-order valence-corrected chi connectivity index (χ4v) is 5.45. The number of likely N-dealkylation sites (tertiary alicyclic amines) is 2. The third kappa shape index (κ3) is 5.69. The fourth-order valence-electron chi connectivity index (χ4n) is 5.45. The number of hydrogen-bond donors (Lipinski definition) is 1. The van der Waals surface area contributed by atoms with Crippen LogP contribution in [0.15, 0.2) is 18.2 Å². The second-order valence-electron chi connectivity index (χ2n) is 9.57. The van der Waals surface area contributed by atoms with Crippen molar-refractivity contribution in [2.24, 2.45) is 5.92 Å². The van der Waals surface area contributed by atoms with Crippen LogP contribution in [-0.2, 0) is 15.0 Å². The predicted molar refractivity (Wildman–Crippen MR) is 126 cm³/mol. The number of halogens is 1. The summed E-state index contributed by atoms with van der Waals surface area (Å²) in [6, 6.07) is 7.22. The van der Waals surface area contributed by atoms with Gasteiger partial charge in [-0.2, -0.15) is 5.26 Å². The summed E-state index contributed by atoms with van der Waals surface area (Å²) in [6.07, 6.45) is 4.93. The van der Waals surface area contributed by atoms with Gasteiger partial charge >= 0.3 is 5.97 Å². The van der Waals surface area contributed by atoms with E-state index in [1.807, 2.05) is 4.90 Å². The minimum atomic E-state index is -0.951. The van der Waals surface area contributed by atoms with Crippen molar-refractivity contribution in [2.75, 3.05) is 33.3 Å². The first-order chi connectivity index (χ1) is 16.3. The van der Waals surface area contributed by atoms with E-state index in [2.05, 4.69) is 24.9 Å². The van der Waals surface area contributed by atoms with Crippen molar-refractivity contribution in [3.05, 3.63) is 29.6 Å². The Morgan fingerprint density at radius 1 is 1.29 bits per heavy atom. The lowest BCUT2D eigenvalue weighted by Gasteiger charge is -2.43. The van der Waals surface area contributed by atoms with E-state index in [1.165, 1.54) is 6.07 Å². The number of para-hydroxylation sites is 1. The number of nitriles is 1. The minimum absolute atomic E-state index is 0.0180. The summed E-state index contributed by atoms with van der Waals surface area (Å²) in [4.78, 5) is 28.4. The lowest BCUT2D eigenvalue weighted by atomic mass is 9.73. The Kier molecular flexibility index (Phi) is 8.90. The normalized spacial score (nSPS) is 22.7. The summed E-state index contributed by atoms with van der Waals surface area (Å²) in [5.41, 5.74) is -0.466. The van der Waals surface area contributed by atoms with Gasteiger partial charge in [-0.3, -0.25) is 9.59 Å². The van der Waals surface area contributed by atoms with Crippen molar-refractivity contribution in [2.45, 2.75) is 69.7 Å². The molecule has 7 nitrogen and oxygen atoms in total. The van der Waals surface area contributed by atoms with Gasteiger partial charge in [-0.25, -0.2) is 4.39 Å². The number of hydrogen-bond acceptors (Lipinski definition) is 5. The average molecular weight is 474 g/mol. The molecule has 2 aliphatic rings. The van der Waals surface area contributed by atoms with E-state index in [0.29, 0.717) is 31.5 Å². The van der Waals surface area contributed by atoms with Gasteiger partial charge < -0.3 is 19.6 Å². The molecule has 0 bridgehead atoms. The van der Waals surface area contributed by atoms with Crippen molar-refractivity contribution in [3.8, 4) is 11.8 Å². The van der Waals surface area contributed by atoms with Crippen LogP contribution in [0.25, 0.3) is 0 Å². The van der Waals surface area contributed by atoms with E-state index >= 15 is 0 Å². The molecule has 2 heterocycles. The number of aliphatic carboxylic acids is 1. The number of carboxylic acids is 1. The average Bonchev–Trinajstić information content (AvgIpc) is 2.83. The summed E-state index contributed by atoms with van der Waals surface area (Å²) < 4.78 is 20.3. The molecule has 8 heteroatoms. The van der Waals surface area contributed by atoms with E-state index in [0.717, 1.165) is 32.2 Å². The Morgan fingerprint density at radius 2 is 2.03 bits per heavy atom. The molecule has 3 rings (SSSR count). The number of ether oxygens (including phenoxy) is 1. The number of piperidine rings is 2. The monoisotopic (exact) mass is 473 g/mol. The van der Waals surface area contributed by atoms with Crippen LogP contribution in [0.5, 0.6) is 5.75 Å². The number of nitrogens with zero attached hydrogens (tertiary/aromatic N) is 3. The predicted octanol–water partition coefficient (Wildman–Crippen LogP) is 3.96. The van der Waals surface area contributed by atoms with Gasteiger partial charge in [0.2, 0.25) is 5.91 Å². The molecular formula is C26H36FN3O4. The first-order valence-electron chi connectivity index (χ1n) is 12.4. The molecular weight excluding hydrogens is 437 g/mol. The van der Waals surface area contributed by atoms with Crippen molar-refractivity contribution < 1.29 is 23.8 Å². The molecule has 0 radical (unpaired) electrons. The highest BCUT2D eigenvalue weighted by Crippen LogP contribution is 2.42. The maximum Gasteiger partial charge on any atom is 0.303 e. The zero-order chi connectivity index (χ0) is 24.7. The zero-order valence-electron chi connectivity index (χ0n) is 20.3. The highest BCUT2D eigenvalue weighted by molar-refractivity contribution is 5.80. The molecule has 0 aliphatic carbocycles. The number of rotatable bonds is 9. The third-order valence-corrected chi connectivity index (χ3v) is 7.36. The Bertz CT molecular complexity index is 908. The van der Waals surface area contributed by atoms with E-state index in [-0.39, 0.29) is 43.1 Å². The van der Waals surface area contributed by atoms with Crippen molar-refractivity contribution >= 4 is 11.9 Å². The van der Waals surface area contributed by atoms with Crippen LogP contribution in [0.1, 0.15) is 63.9 Å². The molecule has 0 spiro atoms. The molecule has 1 aromatic rings. The standard InChI is InChI=1S/C26H36FN3O4/c1-3-7-22-19(8-5-14-29(22)2)25(33)30-15-12-26(18-28,13-16-30)20-9-4-10-21(27)24(20)34-17-6-11-23(31)32/h4,9-10,19,22H,3,5-8,11-17H2,1-2H3,(H,31,32). The van der Waals surface area contributed by atoms with E-state index in [9.17, 15) is 19.2 Å². The van der Waals surface area contributed by atoms with Gasteiger partial charge in [0.25, 0.3) is 0 Å². The van der Waals surface area contributed by atoms with Crippen LogP contribution in [0.3, 0.4) is 0 Å².